The molecule has 0 saturated carbocycles. The Morgan fingerprint density at radius 1 is 1.00 bits per heavy atom. The Morgan fingerprint density at radius 2 is 1.70 bits per heavy atom. The molecule has 6 atom stereocenters. The number of rotatable bonds is 5. The molecule has 1 unspecified atom stereocenters. The molecule has 144 valence electrons. The van der Waals surface area contributed by atoms with Gasteiger partial charge in [-0.15, -0.1) is 0 Å². The summed E-state index contributed by atoms with van der Waals surface area (Å²) in [5, 5.41) is 10.7. The molecule has 0 bridgehead atoms. The van der Waals surface area contributed by atoms with E-state index in [1.54, 1.807) is 0 Å². The van der Waals surface area contributed by atoms with Crippen molar-refractivity contribution in [1.29, 1.82) is 0 Å². The molecule has 0 radical (unpaired) electrons. The molecule has 1 N–H and O–H groups in total. The Bertz CT molecular complexity index is 709. The van der Waals surface area contributed by atoms with Gasteiger partial charge in [0.1, 0.15) is 24.4 Å². The van der Waals surface area contributed by atoms with Crippen molar-refractivity contribution in [2.24, 2.45) is 0 Å². The molecule has 6 nitrogen and oxygen atoms in total. The lowest BCUT2D eigenvalue weighted by molar-refractivity contribution is -0.363. The minimum atomic E-state index is -0.963. The van der Waals surface area contributed by atoms with E-state index >= 15 is 0 Å². The highest BCUT2D eigenvalue weighted by Crippen LogP contribution is 2.35. The van der Waals surface area contributed by atoms with Gasteiger partial charge in [-0.3, -0.25) is 0 Å². The Balaban J connectivity index is 1.51. The largest absolute Gasteiger partial charge is 0.385 e. The van der Waals surface area contributed by atoms with Gasteiger partial charge in [0.05, 0.1) is 13.2 Å². The zero-order chi connectivity index (χ0) is 18.6. The quantitative estimate of drug-likeness (QED) is 0.870. The van der Waals surface area contributed by atoms with Crippen LogP contribution in [-0.4, -0.2) is 49.5 Å². The van der Waals surface area contributed by atoms with Crippen LogP contribution < -0.4 is 0 Å². The second kappa shape index (κ2) is 8.48. The number of hydrogen-bond donors (Lipinski definition) is 1. The molecule has 6 heteroatoms. The van der Waals surface area contributed by atoms with Gasteiger partial charge < -0.3 is 28.8 Å². The predicted molar refractivity (Wildman–Crippen MR) is 96.7 cm³/mol. The minimum Gasteiger partial charge on any atom is -0.385 e. The Kier molecular flexibility index (Phi) is 5.83. The number of benzene rings is 2. The van der Waals surface area contributed by atoms with Crippen LogP contribution in [0.3, 0.4) is 0 Å². The van der Waals surface area contributed by atoms with E-state index in [4.69, 9.17) is 23.7 Å². The molecule has 2 aliphatic rings. The first-order valence-electron chi connectivity index (χ1n) is 9.10. The van der Waals surface area contributed by atoms with Crippen molar-refractivity contribution in [2.45, 2.75) is 43.6 Å². The van der Waals surface area contributed by atoms with E-state index in [1.807, 2.05) is 60.7 Å². The van der Waals surface area contributed by atoms with Crippen LogP contribution >= 0.6 is 0 Å². The fourth-order valence-corrected chi connectivity index (χ4v) is 3.49. The van der Waals surface area contributed by atoms with Crippen LogP contribution in [0.1, 0.15) is 17.4 Å². The summed E-state index contributed by atoms with van der Waals surface area (Å²) < 4.78 is 29.2. The lowest BCUT2D eigenvalue weighted by atomic mass is 9.97. The summed E-state index contributed by atoms with van der Waals surface area (Å²) in [4.78, 5) is 0. The summed E-state index contributed by atoms with van der Waals surface area (Å²) >= 11 is 0. The van der Waals surface area contributed by atoms with Crippen molar-refractivity contribution in [1.82, 2.24) is 0 Å². The summed E-state index contributed by atoms with van der Waals surface area (Å²) in [6.45, 7) is 0.699. The number of hydrogen-bond acceptors (Lipinski definition) is 6. The third-order valence-corrected chi connectivity index (χ3v) is 4.90. The van der Waals surface area contributed by atoms with E-state index in [2.05, 4.69) is 0 Å². The van der Waals surface area contributed by atoms with Crippen molar-refractivity contribution in [3.8, 4) is 0 Å². The first-order chi connectivity index (χ1) is 13.3. The molecule has 2 aromatic rings. The standard InChI is InChI=1S/C21H24O6/c1-23-21-17(22)19(24-12-14-8-4-2-5-9-14)18-16(26-21)13-25-20(27-18)15-10-6-3-7-11-15/h2-11,16-22H,12-13H2,1H3/t16-,17+,18+,19+,20?,21+/m0/s1. The number of aliphatic hydroxyl groups is 1. The Labute approximate surface area is 158 Å². The van der Waals surface area contributed by atoms with Crippen LogP contribution in [0.5, 0.6) is 0 Å². The fourth-order valence-electron chi connectivity index (χ4n) is 3.49. The van der Waals surface area contributed by atoms with Gasteiger partial charge in [0.25, 0.3) is 0 Å². The third kappa shape index (κ3) is 4.06. The van der Waals surface area contributed by atoms with Crippen LogP contribution in [0, 0.1) is 0 Å². The van der Waals surface area contributed by atoms with Crippen LogP contribution in [0.25, 0.3) is 0 Å². The fraction of sp³-hybridized carbons (Fsp3) is 0.429. The number of methoxy groups -OCH3 is 1. The van der Waals surface area contributed by atoms with Crippen molar-refractivity contribution >= 4 is 0 Å². The van der Waals surface area contributed by atoms with Gasteiger partial charge in [-0.2, -0.15) is 0 Å². The zero-order valence-electron chi connectivity index (χ0n) is 15.1. The topological polar surface area (TPSA) is 66.4 Å². The Hall–Kier alpha value is -1.80. The number of ether oxygens (including phenoxy) is 5. The normalized spacial score (nSPS) is 33.4. The average molecular weight is 372 g/mol. The first-order valence-corrected chi connectivity index (χ1v) is 9.10. The molecular weight excluding hydrogens is 348 g/mol. The van der Waals surface area contributed by atoms with E-state index < -0.39 is 30.9 Å². The van der Waals surface area contributed by atoms with Gasteiger partial charge in [0.15, 0.2) is 12.6 Å². The number of fused-ring (bicyclic) bond motifs is 1. The van der Waals surface area contributed by atoms with Gasteiger partial charge in [0, 0.05) is 12.7 Å². The summed E-state index contributed by atoms with van der Waals surface area (Å²) in [5.41, 5.74) is 1.94. The van der Waals surface area contributed by atoms with Crippen molar-refractivity contribution < 1.29 is 28.8 Å². The van der Waals surface area contributed by atoms with Crippen LogP contribution in [-0.2, 0) is 30.3 Å². The number of aliphatic hydroxyl groups excluding tert-OH is 1. The molecule has 4 rings (SSSR count). The summed E-state index contributed by atoms with van der Waals surface area (Å²) in [5.74, 6) is 0. The molecular formula is C21H24O6. The average Bonchev–Trinajstić information content (AvgIpc) is 2.74. The first kappa shape index (κ1) is 18.6. The van der Waals surface area contributed by atoms with Gasteiger partial charge in [0.2, 0.25) is 0 Å². The van der Waals surface area contributed by atoms with E-state index in [1.165, 1.54) is 7.11 Å². The summed E-state index contributed by atoms with van der Waals surface area (Å²) in [7, 11) is 1.50. The summed E-state index contributed by atoms with van der Waals surface area (Å²) in [6.07, 6.45) is -3.70. The van der Waals surface area contributed by atoms with Crippen LogP contribution in [0.2, 0.25) is 0 Å². The molecule has 0 amide bonds. The van der Waals surface area contributed by atoms with E-state index in [9.17, 15) is 5.11 Å². The SMILES string of the molecule is CO[C@@H]1O[C@H]2COC(c3ccccc3)O[C@H]2[C@H](OCc2ccccc2)[C@H]1O. The predicted octanol–water partition coefficient (Wildman–Crippen LogP) is 2.42. The van der Waals surface area contributed by atoms with E-state index in [-0.39, 0.29) is 6.10 Å². The second-order valence-corrected chi connectivity index (χ2v) is 6.71. The molecule has 2 aromatic carbocycles. The molecule has 0 aromatic heterocycles. The van der Waals surface area contributed by atoms with Gasteiger partial charge in [-0.1, -0.05) is 60.7 Å². The maximum absolute atomic E-state index is 10.7. The lowest BCUT2D eigenvalue weighted by Crippen LogP contribution is -2.62. The van der Waals surface area contributed by atoms with Gasteiger partial charge in [-0.05, 0) is 5.56 Å². The monoisotopic (exact) mass is 372 g/mol. The molecule has 2 aliphatic heterocycles. The van der Waals surface area contributed by atoms with Gasteiger partial charge in [-0.25, -0.2) is 0 Å². The maximum atomic E-state index is 10.7. The molecule has 0 aliphatic carbocycles. The van der Waals surface area contributed by atoms with Crippen LogP contribution in [0.4, 0.5) is 0 Å². The second-order valence-electron chi connectivity index (χ2n) is 6.71. The molecule has 2 saturated heterocycles. The zero-order valence-corrected chi connectivity index (χ0v) is 15.1. The highest BCUT2D eigenvalue weighted by molar-refractivity contribution is 5.17. The lowest BCUT2D eigenvalue weighted by Gasteiger charge is -2.47. The summed E-state index contributed by atoms with van der Waals surface area (Å²) in [6, 6.07) is 19.5. The molecule has 2 fully saturated rings. The highest BCUT2D eigenvalue weighted by atomic mass is 16.8. The smallest absolute Gasteiger partial charge is 0.186 e. The maximum Gasteiger partial charge on any atom is 0.186 e. The third-order valence-electron chi connectivity index (χ3n) is 4.90. The minimum absolute atomic E-state index is 0.335. The van der Waals surface area contributed by atoms with E-state index in [0.29, 0.717) is 13.2 Å². The van der Waals surface area contributed by atoms with Crippen molar-refractivity contribution in [3.63, 3.8) is 0 Å². The molecule has 27 heavy (non-hydrogen) atoms. The Morgan fingerprint density at radius 3 is 2.41 bits per heavy atom. The molecule has 0 spiro atoms. The van der Waals surface area contributed by atoms with E-state index in [0.717, 1.165) is 11.1 Å². The van der Waals surface area contributed by atoms with Gasteiger partial charge >= 0.3 is 0 Å². The molecule has 2 heterocycles. The van der Waals surface area contributed by atoms with Crippen molar-refractivity contribution in [2.75, 3.05) is 13.7 Å². The highest BCUT2D eigenvalue weighted by Gasteiger charge is 2.50. The van der Waals surface area contributed by atoms with Crippen LogP contribution in [0.15, 0.2) is 60.7 Å². The van der Waals surface area contributed by atoms with Crippen molar-refractivity contribution in [3.05, 3.63) is 71.8 Å².